The summed E-state index contributed by atoms with van der Waals surface area (Å²) in [6, 6.07) is 7.30. The molecule has 1 atom stereocenters. The molecule has 1 aromatic carbocycles. The van der Waals surface area contributed by atoms with E-state index in [1.54, 1.807) is 24.3 Å². The van der Waals surface area contributed by atoms with Gasteiger partial charge in [-0.3, -0.25) is 4.79 Å². The Balaban J connectivity index is 1.60. The Labute approximate surface area is 191 Å². The van der Waals surface area contributed by atoms with E-state index in [0.717, 1.165) is 11.3 Å². The smallest absolute Gasteiger partial charge is 0.351 e. The molecule has 2 N–H and O–H groups in total. The van der Waals surface area contributed by atoms with Crippen LogP contribution in [0.15, 0.2) is 45.9 Å². The van der Waals surface area contributed by atoms with Gasteiger partial charge in [0, 0.05) is 22.9 Å². The highest BCUT2D eigenvalue weighted by Gasteiger charge is 2.35. The van der Waals surface area contributed by atoms with Crippen molar-refractivity contribution < 1.29 is 26.9 Å². The first kappa shape index (κ1) is 21.6. The molecule has 0 bridgehead atoms. The predicted molar refractivity (Wildman–Crippen MR) is 115 cm³/mol. The molecule has 0 spiro atoms. The van der Waals surface area contributed by atoms with Crippen molar-refractivity contribution in [1.29, 1.82) is 0 Å². The van der Waals surface area contributed by atoms with E-state index in [4.69, 9.17) is 4.52 Å². The minimum atomic E-state index is -4.56. The number of nitrogens with zero attached hydrogens (tertiary/aromatic N) is 3. The van der Waals surface area contributed by atoms with Gasteiger partial charge in [-0.2, -0.15) is 22.5 Å². The second-order valence-electron chi connectivity index (χ2n) is 7.07. The van der Waals surface area contributed by atoms with Gasteiger partial charge < -0.3 is 15.2 Å². The van der Waals surface area contributed by atoms with Gasteiger partial charge in [0.1, 0.15) is 6.04 Å². The lowest BCUT2D eigenvalue weighted by atomic mass is 10.2. The number of thioether (sulfide) groups is 1. The Bertz CT molecular complexity index is 1350. The molecular formula is C20H13F4N5O2S2. The largest absolute Gasteiger partial charge is 0.446 e. The summed E-state index contributed by atoms with van der Waals surface area (Å²) in [6.07, 6.45) is 2.06. The van der Waals surface area contributed by atoms with Crippen molar-refractivity contribution in [3.05, 3.63) is 48.4 Å². The molecule has 3 aromatic heterocycles. The quantitative estimate of drug-likeness (QED) is 0.206. The first-order valence-electron chi connectivity index (χ1n) is 9.60. The van der Waals surface area contributed by atoms with E-state index in [1.807, 2.05) is 0 Å². The summed E-state index contributed by atoms with van der Waals surface area (Å²) < 4.78 is 60.0. The number of carbonyl (C=O) groups is 1. The minimum absolute atomic E-state index is 0.0161. The molecule has 13 heteroatoms. The molecule has 4 aromatic rings. The van der Waals surface area contributed by atoms with E-state index < -0.39 is 17.5 Å². The van der Waals surface area contributed by atoms with Gasteiger partial charge in [-0.15, -0.1) is 11.3 Å². The molecule has 170 valence electrons. The average Bonchev–Trinajstić information content (AvgIpc) is 3.48. The zero-order chi connectivity index (χ0) is 23.2. The molecule has 33 heavy (non-hydrogen) atoms. The maximum absolute atomic E-state index is 14.0. The molecule has 4 heterocycles. The second-order valence-corrected chi connectivity index (χ2v) is 9.17. The van der Waals surface area contributed by atoms with Crippen LogP contribution >= 0.6 is 23.1 Å². The van der Waals surface area contributed by atoms with Gasteiger partial charge in [-0.1, -0.05) is 17.3 Å². The van der Waals surface area contributed by atoms with Crippen molar-refractivity contribution in [1.82, 2.24) is 20.4 Å². The monoisotopic (exact) mass is 495 g/mol. The van der Waals surface area contributed by atoms with Crippen LogP contribution in [0, 0.1) is 5.95 Å². The Morgan fingerprint density at radius 2 is 2.03 bits per heavy atom. The maximum Gasteiger partial charge on any atom is 0.446 e. The van der Waals surface area contributed by atoms with Crippen LogP contribution < -0.4 is 10.6 Å². The third kappa shape index (κ3) is 4.37. The van der Waals surface area contributed by atoms with Crippen molar-refractivity contribution in [3.63, 3.8) is 0 Å². The van der Waals surface area contributed by atoms with Crippen molar-refractivity contribution >= 4 is 50.5 Å². The van der Waals surface area contributed by atoms with Crippen LogP contribution in [0.5, 0.6) is 0 Å². The van der Waals surface area contributed by atoms with Crippen LogP contribution in [0.3, 0.4) is 0 Å². The first-order chi connectivity index (χ1) is 15.8. The molecule has 0 radical (unpaired) electrons. The molecule has 1 saturated heterocycles. The lowest BCUT2D eigenvalue weighted by molar-refractivity contribution is -0.119. The topological polar surface area (TPSA) is 92.9 Å². The van der Waals surface area contributed by atoms with Crippen molar-refractivity contribution in [3.8, 4) is 10.7 Å². The highest BCUT2D eigenvalue weighted by atomic mass is 32.2. The summed E-state index contributed by atoms with van der Waals surface area (Å²) in [7, 11) is 0. The Hall–Kier alpha value is -3.19. The standard InChI is InChI=1S/C20H13F4N5O2S2/c21-17-11(5-2-8-25-17)26-10-4-1-3-9-14(10)32-16(15(9)33-20(22,23)24)18-28-19(31-29-18)12-6-7-13(30)27-12/h1-5,8,12,26H,6-7H2,(H,27,30)/t12-/m1/s1. The summed E-state index contributed by atoms with van der Waals surface area (Å²) in [4.78, 5) is 19.4. The number of hydrogen-bond acceptors (Lipinski definition) is 8. The maximum atomic E-state index is 14.0. The molecule has 1 fully saturated rings. The van der Waals surface area contributed by atoms with Crippen LogP contribution in [-0.4, -0.2) is 26.5 Å². The molecule has 1 aliphatic rings. The second kappa shape index (κ2) is 8.30. The number of alkyl halides is 3. The normalized spacial score (nSPS) is 16.4. The lowest BCUT2D eigenvalue weighted by Gasteiger charge is -2.09. The van der Waals surface area contributed by atoms with E-state index in [1.165, 1.54) is 12.3 Å². The number of anilines is 2. The molecule has 1 amide bonds. The highest BCUT2D eigenvalue weighted by molar-refractivity contribution is 8.00. The fourth-order valence-corrected chi connectivity index (χ4v) is 5.55. The number of fused-ring (bicyclic) bond motifs is 1. The van der Waals surface area contributed by atoms with E-state index in [-0.39, 0.29) is 44.8 Å². The van der Waals surface area contributed by atoms with Gasteiger partial charge in [0.2, 0.25) is 23.6 Å². The summed E-state index contributed by atoms with van der Waals surface area (Å²) in [5.74, 6) is -0.782. The summed E-state index contributed by atoms with van der Waals surface area (Å²) in [5, 5.41) is 9.77. The van der Waals surface area contributed by atoms with Gasteiger partial charge in [0.15, 0.2) is 0 Å². The molecule has 0 unspecified atom stereocenters. The van der Waals surface area contributed by atoms with Crippen molar-refractivity contribution in [2.24, 2.45) is 0 Å². The van der Waals surface area contributed by atoms with E-state index >= 15 is 0 Å². The SMILES string of the molecule is O=C1CC[C@H](c2nc(-c3sc4c(Nc5cccnc5F)cccc4c3SC(F)(F)F)no2)N1. The number of rotatable bonds is 5. The van der Waals surface area contributed by atoms with Gasteiger partial charge in [0.05, 0.1) is 21.0 Å². The number of halogens is 4. The lowest BCUT2D eigenvalue weighted by Crippen LogP contribution is -2.18. The molecule has 7 nitrogen and oxygen atoms in total. The number of carbonyl (C=O) groups excluding carboxylic acids is 1. The van der Waals surface area contributed by atoms with Crippen molar-refractivity contribution in [2.45, 2.75) is 29.3 Å². The van der Waals surface area contributed by atoms with Gasteiger partial charge in [-0.25, -0.2) is 4.98 Å². The Morgan fingerprint density at radius 3 is 2.76 bits per heavy atom. The van der Waals surface area contributed by atoms with E-state index in [9.17, 15) is 22.4 Å². The number of benzene rings is 1. The fraction of sp³-hybridized carbons (Fsp3) is 0.200. The minimum Gasteiger partial charge on any atom is -0.351 e. The summed E-state index contributed by atoms with van der Waals surface area (Å²) in [6.45, 7) is 0. The molecule has 0 aliphatic carbocycles. The number of pyridine rings is 1. The van der Waals surface area contributed by atoms with Crippen LogP contribution in [-0.2, 0) is 4.79 Å². The third-order valence-electron chi connectivity index (χ3n) is 4.85. The van der Waals surface area contributed by atoms with Crippen LogP contribution in [0.2, 0.25) is 0 Å². The molecular weight excluding hydrogens is 482 g/mol. The number of aromatic nitrogens is 3. The van der Waals surface area contributed by atoms with Crippen LogP contribution in [0.1, 0.15) is 24.8 Å². The summed E-state index contributed by atoms with van der Waals surface area (Å²) >= 11 is 0.751. The third-order valence-corrected chi connectivity index (χ3v) is 7.08. The Morgan fingerprint density at radius 1 is 1.21 bits per heavy atom. The summed E-state index contributed by atoms with van der Waals surface area (Å²) in [5.41, 5.74) is -4.07. The van der Waals surface area contributed by atoms with Gasteiger partial charge in [-0.05, 0) is 36.4 Å². The van der Waals surface area contributed by atoms with Gasteiger partial charge in [0.25, 0.3) is 0 Å². The zero-order valence-electron chi connectivity index (χ0n) is 16.4. The van der Waals surface area contributed by atoms with Gasteiger partial charge >= 0.3 is 5.51 Å². The highest BCUT2D eigenvalue weighted by Crippen LogP contribution is 2.51. The molecule has 1 aliphatic heterocycles. The number of nitrogens with one attached hydrogen (secondary N) is 2. The Kier molecular flexibility index (Phi) is 5.44. The van der Waals surface area contributed by atoms with E-state index in [2.05, 4.69) is 25.8 Å². The van der Waals surface area contributed by atoms with Crippen molar-refractivity contribution in [2.75, 3.05) is 5.32 Å². The molecule has 5 rings (SSSR count). The fourth-order valence-electron chi connectivity index (χ4n) is 3.45. The van der Waals surface area contributed by atoms with E-state index in [0.29, 0.717) is 28.6 Å². The number of hydrogen-bond donors (Lipinski definition) is 2. The number of thiophene rings is 1. The zero-order valence-corrected chi connectivity index (χ0v) is 18.1. The first-order valence-corrected chi connectivity index (χ1v) is 11.2. The molecule has 0 saturated carbocycles. The predicted octanol–water partition coefficient (Wildman–Crippen LogP) is 5.79. The van der Waals surface area contributed by atoms with Crippen LogP contribution in [0.25, 0.3) is 20.8 Å². The van der Waals surface area contributed by atoms with Crippen LogP contribution in [0.4, 0.5) is 28.9 Å². The average molecular weight is 495 g/mol. The number of amides is 1.